The van der Waals surface area contributed by atoms with Crippen molar-refractivity contribution in [2.45, 2.75) is 77.2 Å². The largest absolute Gasteiger partial charge is 0.490 e. The summed E-state index contributed by atoms with van der Waals surface area (Å²) >= 11 is 0. The van der Waals surface area contributed by atoms with Crippen molar-refractivity contribution in [1.82, 2.24) is 9.88 Å². The molecule has 4 rings (SSSR count). The lowest BCUT2D eigenvalue weighted by molar-refractivity contribution is -0.137. The number of halogens is 1. The smallest absolute Gasteiger partial charge is 0.303 e. The van der Waals surface area contributed by atoms with Gasteiger partial charge in [-0.1, -0.05) is 26.8 Å². The average molecular weight is 614 g/mol. The normalized spacial score (nSPS) is 14.2. The highest BCUT2D eigenvalue weighted by Gasteiger charge is 2.32. The van der Waals surface area contributed by atoms with Crippen molar-refractivity contribution < 1.29 is 24.2 Å². The van der Waals surface area contributed by atoms with E-state index >= 15 is 0 Å². The monoisotopic (exact) mass is 612 g/mol. The van der Waals surface area contributed by atoms with E-state index in [0.717, 1.165) is 29.7 Å². The Bertz CT molecular complexity index is 1310. The molecule has 0 bridgehead atoms. The first-order valence-electron chi connectivity index (χ1n) is 13.5. The molecule has 1 aliphatic heterocycles. The molecule has 1 fully saturated rings. The summed E-state index contributed by atoms with van der Waals surface area (Å²) in [5.41, 5.74) is 3.47. The summed E-state index contributed by atoms with van der Waals surface area (Å²) < 4.78 is 12.1. The lowest BCUT2D eigenvalue weighted by Gasteiger charge is -2.26. The van der Waals surface area contributed by atoms with Gasteiger partial charge in [0.05, 0.1) is 25.8 Å². The number of nitrogens with one attached hydrogen (secondary N) is 1. The first kappa shape index (κ1) is 31.1. The number of benzene rings is 1. The number of hydrogen-bond donors (Lipinski definition) is 2. The molecule has 0 spiro atoms. The maximum absolute atomic E-state index is 13.6. The van der Waals surface area contributed by atoms with Crippen LogP contribution in [0, 0.1) is 16.7 Å². The second kappa shape index (κ2) is 13.3. The summed E-state index contributed by atoms with van der Waals surface area (Å²) in [4.78, 5) is 31.0. The Hall–Kier alpha value is -3.45. The molecule has 0 saturated heterocycles. The third-order valence-electron chi connectivity index (χ3n) is 6.89. The fourth-order valence-corrected chi connectivity index (χ4v) is 4.58. The van der Waals surface area contributed by atoms with Crippen LogP contribution in [0.3, 0.4) is 0 Å². The second-order valence-electron chi connectivity index (χ2n) is 11.2. The van der Waals surface area contributed by atoms with Gasteiger partial charge in [-0.15, -0.1) is 17.0 Å². The molecule has 9 nitrogen and oxygen atoms in total. The number of carboxylic acid groups (broad SMARTS) is 1. The van der Waals surface area contributed by atoms with Crippen LogP contribution in [0.5, 0.6) is 11.5 Å². The van der Waals surface area contributed by atoms with Gasteiger partial charge in [-0.3, -0.25) is 15.0 Å². The third kappa shape index (κ3) is 7.60. The third-order valence-corrected chi connectivity index (χ3v) is 6.89. The molecule has 0 radical (unpaired) electrons. The van der Waals surface area contributed by atoms with Gasteiger partial charge in [-0.05, 0) is 49.3 Å². The molecule has 1 aromatic heterocycles. The van der Waals surface area contributed by atoms with E-state index in [0.29, 0.717) is 61.1 Å². The number of Topliss-reactive ketones (excluding diaryl/α,β-unsaturated/α-hetero) is 1. The molecule has 2 heterocycles. The molecule has 2 aromatic rings. The van der Waals surface area contributed by atoms with Gasteiger partial charge >= 0.3 is 5.97 Å². The van der Waals surface area contributed by atoms with Crippen LogP contribution in [-0.4, -0.2) is 52.3 Å². The number of hydrogen-bond acceptors (Lipinski definition) is 7. The number of ether oxygens (including phenoxy) is 2. The van der Waals surface area contributed by atoms with E-state index in [-0.39, 0.29) is 53.6 Å². The number of carbonyl (C=O) groups is 2. The number of carboxylic acids is 1. The lowest BCUT2D eigenvalue weighted by atomic mass is 9.84. The Balaban J connectivity index is 0.00000441. The number of fused-ring (bicyclic) bond motifs is 1. The fraction of sp³-hybridized carbons (Fsp3) is 0.500. The van der Waals surface area contributed by atoms with Crippen LogP contribution in [0.25, 0.3) is 0 Å². The van der Waals surface area contributed by atoms with Gasteiger partial charge in [0.15, 0.2) is 17.3 Å². The maximum Gasteiger partial charge on any atom is 0.303 e. The van der Waals surface area contributed by atoms with Crippen molar-refractivity contribution in [3.05, 3.63) is 52.3 Å². The molecular formula is C30H37BrN4O5. The minimum atomic E-state index is -0.904. The first-order valence-corrected chi connectivity index (χ1v) is 13.5. The van der Waals surface area contributed by atoms with Crippen LogP contribution in [0.4, 0.5) is 0 Å². The van der Waals surface area contributed by atoms with Crippen molar-refractivity contribution in [3.63, 3.8) is 0 Å². The molecule has 0 unspecified atom stereocenters. The quantitative estimate of drug-likeness (QED) is 0.214. The Morgan fingerprint density at radius 2 is 1.90 bits per heavy atom. The predicted molar refractivity (Wildman–Crippen MR) is 156 cm³/mol. The number of aliphatic carboxylic acids is 1. The molecule has 0 atom stereocenters. The zero-order valence-corrected chi connectivity index (χ0v) is 25.0. The molecular weight excluding hydrogens is 576 g/mol. The zero-order chi connectivity index (χ0) is 28.2. The summed E-state index contributed by atoms with van der Waals surface area (Å²) in [5.74, 6) is 0.573. The number of pyridine rings is 1. The molecule has 214 valence electrons. The highest BCUT2D eigenvalue weighted by atomic mass is 79.9. The number of aromatic nitrogens is 1. The molecule has 1 aliphatic carbocycles. The molecule has 1 aromatic carbocycles. The second-order valence-corrected chi connectivity index (χ2v) is 11.2. The fourth-order valence-electron chi connectivity index (χ4n) is 4.58. The molecule has 0 amide bonds. The number of rotatable bonds is 13. The predicted octanol–water partition coefficient (Wildman–Crippen LogP) is 5.78. The van der Waals surface area contributed by atoms with Crippen LogP contribution in [-0.2, 0) is 16.8 Å². The van der Waals surface area contributed by atoms with Gasteiger partial charge in [-0.25, -0.2) is 4.98 Å². The van der Waals surface area contributed by atoms with E-state index in [2.05, 4.69) is 6.07 Å². The van der Waals surface area contributed by atoms with Crippen molar-refractivity contribution in [1.29, 1.82) is 10.7 Å². The molecule has 40 heavy (non-hydrogen) atoms. The first-order chi connectivity index (χ1) is 18.6. The molecule has 2 aliphatic rings. The van der Waals surface area contributed by atoms with E-state index in [1.165, 1.54) is 0 Å². The minimum absolute atomic E-state index is 0. The van der Waals surface area contributed by atoms with Crippen LogP contribution in [0.2, 0.25) is 0 Å². The van der Waals surface area contributed by atoms with Crippen LogP contribution in [0.15, 0.2) is 24.3 Å². The van der Waals surface area contributed by atoms with Gasteiger partial charge < -0.3 is 19.5 Å². The standard InChI is InChI=1S/C30H36N4O5.BrH/c1-30(2,3)22-15-21(16-25(38-14-6-7-26(36)37)28(22)39-13-5-4-12-31)24(35)18-34-17-20-10-11-23(19-8-9-19)33-27(20)29(34)32;/h10-11,15-16,19,32H,4-9,13-14,17-18H2,1-3H3,(H,36,37);1H. The highest BCUT2D eigenvalue weighted by molar-refractivity contribution is 8.93. The van der Waals surface area contributed by atoms with Crippen LogP contribution >= 0.6 is 17.0 Å². The number of nitriles is 1. The molecule has 1 saturated carbocycles. The Labute approximate surface area is 245 Å². The number of unbranched alkanes of at least 4 members (excludes halogenated alkanes) is 1. The van der Waals surface area contributed by atoms with Gasteiger partial charge in [0.25, 0.3) is 0 Å². The number of amidine groups is 1. The van der Waals surface area contributed by atoms with Crippen LogP contribution in [0.1, 0.15) is 98.1 Å². The summed E-state index contributed by atoms with van der Waals surface area (Å²) in [6.45, 7) is 7.01. The van der Waals surface area contributed by atoms with Gasteiger partial charge in [0.2, 0.25) is 0 Å². The molecule has 10 heteroatoms. The summed E-state index contributed by atoms with van der Waals surface area (Å²) in [6.07, 6.45) is 3.46. The van der Waals surface area contributed by atoms with Crippen molar-refractivity contribution in [2.24, 2.45) is 0 Å². The van der Waals surface area contributed by atoms with E-state index in [9.17, 15) is 9.59 Å². The van der Waals surface area contributed by atoms with Gasteiger partial charge in [0.1, 0.15) is 11.5 Å². The van der Waals surface area contributed by atoms with Crippen LogP contribution < -0.4 is 9.47 Å². The number of ketones is 1. The van der Waals surface area contributed by atoms with E-state index in [4.69, 9.17) is 30.2 Å². The zero-order valence-electron chi connectivity index (χ0n) is 23.3. The van der Waals surface area contributed by atoms with E-state index < -0.39 is 5.97 Å². The van der Waals surface area contributed by atoms with Crippen molar-refractivity contribution in [2.75, 3.05) is 19.8 Å². The average Bonchev–Trinajstić information content (AvgIpc) is 3.69. The van der Waals surface area contributed by atoms with E-state index in [1.54, 1.807) is 11.0 Å². The Morgan fingerprint density at radius 1 is 1.18 bits per heavy atom. The SMILES string of the molecule is Br.CC(C)(C)c1cc(C(=O)CN2Cc3ccc(C4CC4)nc3C2=N)cc(OCCCC(=O)O)c1OCCCC#N. The number of nitrogens with zero attached hydrogens (tertiary/aromatic N) is 3. The topological polar surface area (TPSA) is 137 Å². The lowest BCUT2D eigenvalue weighted by Crippen LogP contribution is -2.30. The van der Waals surface area contributed by atoms with Gasteiger partial charge in [0, 0.05) is 47.7 Å². The van der Waals surface area contributed by atoms with Gasteiger partial charge in [-0.2, -0.15) is 5.26 Å². The van der Waals surface area contributed by atoms with E-state index in [1.807, 2.05) is 39.0 Å². The van der Waals surface area contributed by atoms with Crippen molar-refractivity contribution >= 4 is 34.6 Å². The molecule has 2 N–H and O–H groups in total. The number of carbonyl (C=O) groups excluding carboxylic acids is 1. The minimum Gasteiger partial charge on any atom is -0.490 e. The maximum atomic E-state index is 13.6. The summed E-state index contributed by atoms with van der Waals surface area (Å²) in [6, 6.07) is 9.63. The Morgan fingerprint density at radius 3 is 2.55 bits per heavy atom. The van der Waals surface area contributed by atoms with Crippen molar-refractivity contribution in [3.8, 4) is 17.6 Å². The highest BCUT2D eigenvalue weighted by Crippen LogP contribution is 2.41. The summed E-state index contributed by atoms with van der Waals surface area (Å²) in [7, 11) is 0. The Kier molecular flexibility index (Phi) is 10.3. The summed E-state index contributed by atoms with van der Waals surface area (Å²) in [5, 5.41) is 26.5.